The van der Waals surface area contributed by atoms with Gasteiger partial charge >= 0.3 is 0 Å². The lowest BCUT2D eigenvalue weighted by molar-refractivity contribution is -0.725. The summed E-state index contributed by atoms with van der Waals surface area (Å²) in [4.78, 5) is 24.8. The van der Waals surface area contributed by atoms with E-state index in [0.717, 1.165) is 6.42 Å². The Balaban J connectivity index is 1.88. The number of allylic oxidation sites excluding steroid dienone is 2. The van der Waals surface area contributed by atoms with Gasteiger partial charge in [0.1, 0.15) is 11.8 Å². The van der Waals surface area contributed by atoms with Gasteiger partial charge in [0, 0.05) is 11.5 Å². The first-order chi connectivity index (χ1) is 11.3. The molecule has 1 aromatic rings. The molecule has 0 spiro atoms. The summed E-state index contributed by atoms with van der Waals surface area (Å²) in [6, 6.07) is 9.11. The van der Waals surface area contributed by atoms with Crippen molar-refractivity contribution in [2.24, 2.45) is 17.3 Å². The van der Waals surface area contributed by atoms with Crippen molar-refractivity contribution < 1.29 is 15.0 Å². The zero-order chi connectivity index (χ0) is 17.7. The first-order valence-electron chi connectivity index (χ1n) is 8.70. The number of carbonyl (C=O) groups is 2. The second kappa shape index (κ2) is 7.75. The number of hydrogen-bond acceptors (Lipinski definition) is 2. The van der Waals surface area contributed by atoms with Crippen LogP contribution in [-0.4, -0.2) is 17.7 Å². The topological polar surface area (TPSA) is 62.8 Å². The van der Waals surface area contributed by atoms with E-state index in [1.165, 1.54) is 0 Å². The molecular formula is C20H29N2O2+. The van der Waals surface area contributed by atoms with Crippen molar-refractivity contribution in [3.63, 3.8) is 0 Å². The molecule has 4 heteroatoms. The Morgan fingerprint density at radius 3 is 2.58 bits per heavy atom. The van der Waals surface area contributed by atoms with Gasteiger partial charge in [0.2, 0.25) is 0 Å². The number of quaternary nitrogens is 1. The summed E-state index contributed by atoms with van der Waals surface area (Å²) in [6.45, 7) is 8.42. The molecule has 0 heterocycles. The van der Waals surface area contributed by atoms with Crippen LogP contribution in [0.25, 0.3) is 0 Å². The molecule has 3 unspecified atom stereocenters. The predicted molar refractivity (Wildman–Crippen MR) is 95.1 cm³/mol. The van der Waals surface area contributed by atoms with Crippen molar-refractivity contribution in [2.75, 3.05) is 0 Å². The molecule has 0 saturated heterocycles. The maximum absolute atomic E-state index is 12.8. The van der Waals surface area contributed by atoms with Crippen molar-refractivity contribution in [3.8, 4) is 0 Å². The summed E-state index contributed by atoms with van der Waals surface area (Å²) in [6.07, 6.45) is 5.74. The minimum Gasteiger partial charge on any atom is -0.299 e. The number of amides is 1. The third kappa shape index (κ3) is 4.54. The fourth-order valence-electron chi connectivity index (χ4n) is 3.66. The number of carbonyl (C=O) groups excluding carboxylic acids is 2. The van der Waals surface area contributed by atoms with Crippen molar-refractivity contribution in [3.05, 3.63) is 48.0 Å². The summed E-state index contributed by atoms with van der Waals surface area (Å²) in [5.74, 6) is 0.467. The minimum absolute atomic E-state index is 0.00173. The van der Waals surface area contributed by atoms with E-state index in [4.69, 9.17) is 0 Å². The van der Waals surface area contributed by atoms with E-state index in [0.29, 0.717) is 12.0 Å². The van der Waals surface area contributed by atoms with Gasteiger partial charge in [0.15, 0.2) is 0 Å². The molecular weight excluding hydrogens is 300 g/mol. The molecule has 2 rings (SSSR count). The molecule has 3 atom stereocenters. The molecule has 4 nitrogen and oxygen atoms in total. The van der Waals surface area contributed by atoms with E-state index in [2.05, 4.69) is 38.3 Å². The highest BCUT2D eigenvalue weighted by Crippen LogP contribution is 2.41. The van der Waals surface area contributed by atoms with Gasteiger partial charge in [-0.05, 0) is 36.8 Å². The summed E-state index contributed by atoms with van der Waals surface area (Å²) >= 11 is 0. The third-order valence-electron chi connectivity index (χ3n) is 4.86. The fraction of sp³-hybridized carbons (Fsp3) is 0.500. The molecule has 1 amide bonds. The van der Waals surface area contributed by atoms with Gasteiger partial charge in [0.05, 0.1) is 6.42 Å². The standard InChI is InChI=1S/C20H28N2O2/c1-14-9-8-12-20(3,4)18(14)17(23)13-15(2)21-22-19(24)16-10-6-5-7-11-16/h5-11,14-15,18,21H,12-13H2,1-4H3,(H,22,24)/p+1. The lowest BCUT2D eigenvalue weighted by atomic mass is 9.65. The molecule has 0 fully saturated rings. The molecule has 130 valence electrons. The third-order valence-corrected chi connectivity index (χ3v) is 4.86. The number of ketones is 1. The largest absolute Gasteiger partial charge is 0.299 e. The number of rotatable bonds is 6. The number of Topliss-reactive ketones (excluding diaryl/α,β-unsaturated/α-hetero) is 1. The van der Waals surface area contributed by atoms with Crippen LogP contribution < -0.4 is 10.9 Å². The Morgan fingerprint density at radius 1 is 1.29 bits per heavy atom. The fourth-order valence-corrected chi connectivity index (χ4v) is 3.66. The quantitative estimate of drug-likeness (QED) is 0.364. The van der Waals surface area contributed by atoms with Gasteiger partial charge in [0.25, 0.3) is 5.91 Å². The van der Waals surface area contributed by atoms with E-state index in [9.17, 15) is 9.59 Å². The zero-order valence-corrected chi connectivity index (χ0v) is 15.1. The molecule has 0 saturated carbocycles. The highest BCUT2D eigenvalue weighted by atomic mass is 16.2. The predicted octanol–water partition coefficient (Wildman–Crippen LogP) is 2.48. The number of benzene rings is 1. The molecule has 24 heavy (non-hydrogen) atoms. The Morgan fingerprint density at radius 2 is 1.96 bits per heavy atom. The first kappa shape index (κ1) is 18.4. The van der Waals surface area contributed by atoms with Crippen LogP contribution in [-0.2, 0) is 4.79 Å². The number of nitrogen functional groups attached to an aromatic ring is 1. The maximum Gasteiger partial charge on any atom is 0.295 e. The summed E-state index contributed by atoms with van der Waals surface area (Å²) in [5.41, 5.74) is 5.17. The van der Waals surface area contributed by atoms with Crippen LogP contribution in [0.1, 0.15) is 50.9 Å². The lowest BCUT2D eigenvalue weighted by Gasteiger charge is -2.39. The van der Waals surface area contributed by atoms with E-state index in [1.807, 2.05) is 25.1 Å². The van der Waals surface area contributed by atoms with Crippen LogP contribution in [0.5, 0.6) is 0 Å². The Kier molecular flexibility index (Phi) is 5.94. The van der Waals surface area contributed by atoms with Crippen LogP contribution in [0, 0.1) is 17.3 Å². The van der Waals surface area contributed by atoms with Gasteiger partial charge in [-0.1, -0.05) is 51.1 Å². The molecule has 1 aliphatic rings. The van der Waals surface area contributed by atoms with E-state index < -0.39 is 0 Å². The number of nitrogens with two attached hydrogens (primary N) is 1. The molecule has 0 radical (unpaired) electrons. The van der Waals surface area contributed by atoms with E-state index in [-0.39, 0.29) is 35.0 Å². The molecule has 0 aromatic heterocycles. The Bertz CT molecular complexity index is 607. The first-order valence-corrected chi connectivity index (χ1v) is 8.70. The molecule has 1 aromatic carbocycles. The lowest BCUT2D eigenvalue weighted by Crippen LogP contribution is -2.98. The van der Waals surface area contributed by atoms with Crippen LogP contribution in [0.4, 0.5) is 0 Å². The van der Waals surface area contributed by atoms with Gasteiger partial charge in [-0.25, -0.2) is 10.9 Å². The zero-order valence-electron chi connectivity index (χ0n) is 15.1. The number of nitrogens with one attached hydrogen (secondary N) is 1. The number of hydrogen-bond donors (Lipinski definition) is 2. The monoisotopic (exact) mass is 329 g/mol. The second-order valence-corrected chi connectivity index (χ2v) is 7.61. The van der Waals surface area contributed by atoms with Crippen LogP contribution >= 0.6 is 0 Å². The normalized spacial score (nSPS) is 23.5. The summed E-state index contributed by atoms with van der Waals surface area (Å²) in [5, 5.41) is 0. The maximum atomic E-state index is 12.8. The van der Waals surface area contributed by atoms with Gasteiger partial charge in [-0.3, -0.25) is 9.59 Å². The molecule has 3 N–H and O–H groups in total. The summed E-state index contributed by atoms with van der Waals surface area (Å²) < 4.78 is 0. The smallest absolute Gasteiger partial charge is 0.295 e. The van der Waals surface area contributed by atoms with Gasteiger partial charge < -0.3 is 0 Å². The van der Waals surface area contributed by atoms with Gasteiger partial charge in [-0.2, -0.15) is 0 Å². The molecule has 0 aliphatic heterocycles. The highest BCUT2D eigenvalue weighted by Gasteiger charge is 2.39. The van der Waals surface area contributed by atoms with E-state index in [1.54, 1.807) is 17.6 Å². The highest BCUT2D eigenvalue weighted by molar-refractivity contribution is 5.93. The molecule has 1 aliphatic carbocycles. The average molecular weight is 329 g/mol. The average Bonchev–Trinajstić information content (AvgIpc) is 2.52. The Hall–Kier alpha value is -1.94. The van der Waals surface area contributed by atoms with Crippen LogP contribution in [0.3, 0.4) is 0 Å². The summed E-state index contributed by atoms with van der Waals surface area (Å²) in [7, 11) is 0. The van der Waals surface area contributed by atoms with Crippen molar-refractivity contribution >= 4 is 11.7 Å². The van der Waals surface area contributed by atoms with Crippen LogP contribution in [0.15, 0.2) is 42.5 Å². The second-order valence-electron chi connectivity index (χ2n) is 7.61. The van der Waals surface area contributed by atoms with Crippen molar-refractivity contribution in [1.29, 1.82) is 0 Å². The van der Waals surface area contributed by atoms with Gasteiger partial charge in [-0.15, -0.1) is 0 Å². The van der Waals surface area contributed by atoms with E-state index >= 15 is 0 Å². The van der Waals surface area contributed by atoms with Crippen LogP contribution in [0.2, 0.25) is 0 Å². The Labute approximate surface area is 144 Å². The minimum atomic E-state index is -0.135. The molecule has 0 bridgehead atoms. The van der Waals surface area contributed by atoms with Crippen molar-refractivity contribution in [2.45, 2.75) is 46.6 Å². The van der Waals surface area contributed by atoms with Crippen molar-refractivity contribution in [1.82, 2.24) is 5.43 Å². The SMILES string of the molecule is CC(CC(=O)C1C(C)C=CCC1(C)C)[NH2+]NC(=O)c1ccccc1.